The average molecular weight is 304 g/mol. The first-order valence-electron chi connectivity index (χ1n) is 7.38. The van der Waals surface area contributed by atoms with Crippen LogP contribution in [-0.4, -0.2) is 44.0 Å². The van der Waals surface area contributed by atoms with Crippen molar-refractivity contribution in [3.63, 3.8) is 0 Å². The molecule has 1 N–H and O–H groups in total. The van der Waals surface area contributed by atoms with Gasteiger partial charge >= 0.3 is 0 Å². The van der Waals surface area contributed by atoms with Gasteiger partial charge in [-0.25, -0.2) is 12.7 Å². The van der Waals surface area contributed by atoms with E-state index >= 15 is 0 Å². The molecule has 1 aliphatic rings. The van der Waals surface area contributed by atoms with Crippen molar-refractivity contribution in [2.24, 2.45) is 17.8 Å². The third kappa shape index (κ3) is 4.74. The van der Waals surface area contributed by atoms with Crippen molar-refractivity contribution < 1.29 is 13.2 Å². The number of carbonyl (C=O) groups is 1. The lowest BCUT2D eigenvalue weighted by atomic mass is 9.91. The highest BCUT2D eigenvalue weighted by Gasteiger charge is 2.31. The minimum absolute atomic E-state index is 0.00856. The summed E-state index contributed by atoms with van der Waals surface area (Å²) in [4.78, 5) is 12.4. The van der Waals surface area contributed by atoms with E-state index in [1.165, 1.54) is 10.6 Å². The highest BCUT2D eigenvalue weighted by molar-refractivity contribution is 7.88. The molecule has 0 radical (unpaired) electrons. The number of piperidine rings is 1. The molecule has 0 aliphatic carbocycles. The molecule has 1 atom stereocenters. The molecule has 0 aromatic carbocycles. The van der Waals surface area contributed by atoms with Gasteiger partial charge in [0, 0.05) is 19.1 Å². The summed E-state index contributed by atoms with van der Waals surface area (Å²) in [6.45, 7) is 9.21. The number of hydrogen-bond acceptors (Lipinski definition) is 3. The molecule has 0 bridgehead atoms. The van der Waals surface area contributed by atoms with Gasteiger partial charge in [0.15, 0.2) is 0 Å². The molecule has 0 aromatic rings. The highest BCUT2D eigenvalue weighted by atomic mass is 32.2. The average Bonchev–Trinajstić information content (AvgIpc) is 2.34. The van der Waals surface area contributed by atoms with Gasteiger partial charge in [0.2, 0.25) is 15.9 Å². The Kier molecular flexibility index (Phi) is 6.01. The minimum Gasteiger partial charge on any atom is -0.353 e. The summed E-state index contributed by atoms with van der Waals surface area (Å²) in [5.41, 5.74) is 0. The summed E-state index contributed by atoms with van der Waals surface area (Å²) >= 11 is 0. The first-order valence-corrected chi connectivity index (χ1v) is 9.23. The molecule has 1 aliphatic heterocycles. The summed E-state index contributed by atoms with van der Waals surface area (Å²) in [6.07, 6.45) is 2.72. The van der Waals surface area contributed by atoms with Crippen LogP contribution in [0.3, 0.4) is 0 Å². The van der Waals surface area contributed by atoms with Crippen molar-refractivity contribution in [1.29, 1.82) is 0 Å². The van der Waals surface area contributed by atoms with Crippen molar-refractivity contribution in [1.82, 2.24) is 9.62 Å². The van der Waals surface area contributed by atoms with E-state index in [1.54, 1.807) is 0 Å². The summed E-state index contributed by atoms with van der Waals surface area (Å²) in [7, 11) is -3.20. The maximum Gasteiger partial charge on any atom is 0.224 e. The SMILES string of the molecule is CC(C)C(NC(=O)C1CCCN(S(C)(=O)=O)C1)C(C)C. The lowest BCUT2D eigenvalue weighted by molar-refractivity contribution is -0.127. The van der Waals surface area contributed by atoms with Gasteiger partial charge in [-0.1, -0.05) is 27.7 Å². The van der Waals surface area contributed by atoms with Crippen molar-refractivity contribution in [2.45, 2.75) is 46.6 Å². The lowest BCUT2D eigenvalue weighted by Gasteiger charge is -2.33. The van der Waals surface area contributed by atoms with Gasteiger partial charge in [-0.2, -0.15) is 0 Å². The quantitative estimate of drug-likeness (QED) is 0.836. The maximum atomic E-state index is 12.4. The van der Waals surface area contributed by atoms with Crippen molar-refractivity contribution in [2.75, 3.05) is 19.3 Å². The first-order chi connectivity index (χ1) is 9.12. The van der Waals surface area contributed by atoms with E-state index < -0.39 is 10.0 Å². The van der Waals surface area contributed by atoms with Crippen LogP contribution < -0.4 is 5.32 Å². The van der Waals surface area contributed by atoms with Crippen LogP contribution in [0.5, 0.6) is 0 Å². The molecule has 0 saturated carbocycles. The van der Waals surface area contributed by atoms with Crippen LogP contribution >= 0.6 is 0 Å². The van der Waals surface area contributed by atoms with Crippen LogP contribution in [-0.2, 0) is 14.8 Å². The maximum absolute atomic E-state index is 12.4. The number of sulfonamides is 1. The van der Waals surface area contributed by atoms with Gasteiger partial charge in [0.1, 0.15) is 0 Å². The van der Waals surface area contributed by atoms with Crippen LogP contribution in [0.15, 0.2) is 0 Å². The van der Waals surface area contributed by atoms with Gasteiger partial charge in [0.25, 0.3) is 0 Å². The molecule has 0 aromatic heterocycles. The molecule has 0 spiro atoms. The molecule has 5 nitrogen and oxygen atoms in total. The van der Waals surface area contributed by atoms with Crippen molar-refractivity contribution in [3.8, 4) is 0 Å². The fourth-order valence-electron chi connectivity index (χ4n) is 2.84. The van der Waals surface area contributed by atoms with Crippen LogP contribution in [0.2, 0.25) is 0 Å². The fraction of sp³-hybridized carbons (Fsp3) is 0.929. The van der Waals surface area contributed by atoms with Crippen LogP contribution in [0, 0.1) is 17.8 Å². The summed E-state index contributed by atoms with van der Waals surface area (Å²) in [5, 5.41) is 3.10. The van der Waals surface area contributed by atoms with Crippen molar-refractivity contribution in [3.05, 3.63) is 0 Å². The monoisotopic (exact) mass is 304 g/mol. The number of nitrogens with zero attached hydrogens (tertiary/aromatic N) is 1. The minimum atomic E-state index is -3.20. The summed E-state index contributed by atoms with van der Waals surface area (Å²) < 4.78 is 24.6. The van der Waals surface area contributed by atoms with Crippen molar-refractivity contribution >= 4 is 15.9 Å². The van der Waals surface area contributed by atoms with Gasteiger partial charge in [-0.3, -0.25) is 4.79 Å². The number of amides is 1. The van der Waals surface area contributed by atoms with E-state index in [9.17, 15) is 13.2 Å². The van der Waals surface area contributed by atoms with Crippen LogP contribution in [0.4, 0.5) is 0 Å². The smallest absolute Gasteiger partial charge is 0.224 e. The second-order valence-electron chi connectivity index (χ2n) is 6.48. The Morgan fingerprint density at radius 2 is 1.75 bits per heavy atom. The third-order valence-corrected chi connectivity index (χ3v) is 5.24. The Morgan fingerprint density at radius 1 is 1.20 bits per heavy atom. The molecular weight excluding hydrogens is 276 g/mol. The zero-order valence-corrected chi connectivity index (χ0v) is 14.0. The van der Waals surface area contributed by atoms with E-state index in [1.807, 2.05) is 0 Å². The molecule has 20 heavy (non-hydrogen) atoms. The van der Waals surface area contributed by atoms with Gasteiger partial charge in [0.05, 0.1) is 12.2 Å². The molecule has 6 heteroatoms. The summed E-state index contributed by atoms with van der Waals surface area (Å²) in [6, 6.07) is 0.135. The lowest BCUT2D eigenvalue weighted by Crippen LogP contribution is -2.49. The summed E-state index contributed by atoms with van der Waals surface area (Å²) in [5.74, 6) is 0.506. The topological polar surface area (TPSA) is 66.5 Å². The Morgan fingerprint density at radius 3 is 2.20 bits per heavy atom. The highest BCUT2D eigenvalue weighted by Crippen LogP contribution is 2.20. The van der Waals surface area contributed by atoms with E-state index in [2.05, 4.69) is 33.0 Å². The number of hydrogen-bond donors (Lipinski definition) is 1. The van der Waals surface area contributed by atoms with Gasteiger partial charge in [-0.05, 0) is 24.7 Å². The number of carbonyl (C=O) groups excluding carboxylic acids is 1. The Bertz CT molecular complexity index is 424. The zero-order valence-electron chi connectivity index (χ0n) is 13.2. The van der Waals surface area contributed by atoms with E-state index in [0.717, 1.165) is 12.8 Å². The molecule has 1 unspecified atom stereocenters. The van der Waals surface area contributed by atoms with Crippen LogP contribution in [0.25, 0.3) is 0 Å². The zero-order chi connectivity index (χ0) is 15.5. The Balaban J connectivity index is 2.67. The molecule has 1 rings (SSSR count). The predicted octanol–water partition coefficient (Wildman–Crippen LogP) is 1.45. The second kappa shape index (κ2) is 6.89. The predicted molar refractivity (Wildman–Crippen MR) is 80.7 cm³/mol. The molecule has 1 saturated heterocycles. The van der Waals surface area contributed by atoms with E-state index in [-0.39, 0.29) is 17.9 Å². The standard InChI is InChI=1S/C14H28N2O3S/c1-10(2)13(11(3)4)15-14(17)12-7-6-8-16(9-12)20(5,18)19/h10-13H,6-9H2,1-5H3,(H,15,17). The Labute approximate surface area is 123 Å². The fourth-order valence-corrected chi connectivity index (χ4v) is 3.75. The second-order valence-corrected chi connectivity index (χ2v) is 8.47. The van der Waals surface area contributed by atoms with E-state index in [4.69, 9.17) is 0 Å². The first kappa shape index (κ1) is 17.4. The van der Waals surface area contributed by atoms with Gasteiger partial charge in [-0.15, -0.1) is 0 Å². The molecule has 1 amide bonds. The molecule has 118 valence electrons. The molecular formula is C14H28N2O3S. The molecule has 1 fully saturated rings. The van der Waals surface area contributed by atoms with E-state index in [0.29, 0.717) is 24.9 Å². The number of rotatable bonds is 5. The number of nitrogens with one attached hydrogen (secondary N) is 1. The van der Waals surface area contributed by atoms with Gasteiger partial charge < -0.3 is 5.32 Å². The largest absolute Gasteiger partial charge is 0.353 e. The van der Waals surface area contributed by atoms with Crippen LogP contribution in [0.1, 0.15) is 40.5 Å². The molecule has 1 heterocycles. The Hall–Kier alpha value is -0.620. The normalized spacial score (nSPS) is 21.7. The third-order valence-electron chi connectivity index (χ3n) is 3.97.